The second kappa shape index (κ2) is 5.35. The number of rotatable bonds is 5. The van der Waals surface area contributed by atoms with Crippen LogP contribution in [-0.4, -0.2) is 35.2 Å². The first kappa shape index (κ1) is 15.9. The van der Waals surface area contributed by atoms with Gasteiger partial charge in [-0.2, -0.15) is 0 Å². The second-order valence-electron chi connectivity index (χ2n) is 5.64. The zero-order chi connectivity index (χ0) is 15.8. The van der Waals surface area contributed by atoms with Crippen LogP contribution < -0.4 is 5.32 Å². The van der Waals surface area contributed by atoms with E-state index in [0.29, 0.717) is 6.61 Å². The third kappa shape index (κ3) is 2.42. The predicted octanol–water partition coefficient (Wildman–Crippen LogP) is 2.32. The molecule has 1 amide bonds. The molecule has 0 aromatic carbocycles. The van der Waals surface area contributed by atoms with Crippen molar-refractivity contribution in [1.29, 1.82) is 0 Å². The minimum absolute atomic E-state index is 0.0173. The molecule has 0 spiro atoms. The van der Waals surface area contributed by atoms with Gasteiger partial charge in [0.15, 0.2) is 11.0 Å². The molecule has 7 heteroatoms. The Morgan fingerprint density at radius 1 is 1.52 bits per heavy atom. The van der Waals surface area contributed by atoms with Crippen LogP contribution in [0.4, 0.5) is 0 Å². The number of hydrogen-bond donors (Lipinski definition) is 2. The molecule has 2 atom stereocenters. The van der Waals surface area contributed by atoms with E-state index in [2.05, 4.69) is 5.32 Å². The Morgan fingerprint density at radius 3 is 2.62 bits per heavy atom. The number of carboxylic acid groups (broad SMARTS) is 1. The average molecular weight is 316 g/mol. The van der Waals surface area contributed by atoms with Crippen molar-refractivity contribution in [2.45, 2.75) is 38.8 Å². The maximum absolute atomic E-state index is 12.2. The Hall–Kier alpha value is -1.53. The van der Waals surface area contributed by atoms with E-state index < -0.39 is 22.8 Å². The SMILES string of the molecule is CCOC1CC(NC(=O)c2ccc(Cl)o2)(C(=O)O)C1(C)C. The molecule has 0 radical (unpaired) electrons. The Bertz CT molecular complexity index is 567. The average Bonchev–Trinajstić information content (AvgIpc) is 2.83. The molecule has 1 aromatic heterocycles. The summed E-state index contributed by atoms with van der Waals surface area (Å²) >= 11 is 5.62. The molecule has 6 nitrogen and oxygen atoms in total. The fourth-order valence-electron chi connectivity index (χ4n) is 2.73. The standard InChI is InChI=1S/C14H18ClNO5/c1-4-20-9-7-14(12(18)19,13(9,2)3)16-11(17)8-5-6-10(15)21-8/h5-6,9H,4,7H2,1-3H3,(H,16,17)(H,18,19). The summed E-state index contributed by atoms with van der Waals surface area (Å²) in [5, 5.41) is 12.2. The monoisotopic (exact) mass is 315 g/mol. The van der Waals surface area contributed by atoms with Gasteiger partial charge in [0.25, 0.3) is 5.91 Å². The third-order valence-corrected chi connectivity index (χ3v) is 4.46. The van der Waals surface area contributed by atoms with Crippen LogP contribution in [0.5, 0.6) is 0 Å². The van der Waals surface area contributed by atoms with Crippen LogP contribution in [0.2, 0.25) is 5.22 Å². The smallest absolute Gasteiger partial charge is 0.330 e. The van der Waals surface area contributed by atoms with E-state index in [1.807, 2.05) is 6.92 Å². The molecule has 2 unspecified atom stereocenters. The van der Waals surface area contributed by atoms with Gasteiger partial charge in [-0.15, -0.1) is 0 Å². The molecule has 21 heavy (non-hydrogen) atoms. The van der Waals surface area contributed by atoms with Gasteiger partial charge >= 0.3 is 5.97 Å². The minimum atomic E-state index is -1.39. The van der Waals surface area contributed by atoms with Crippen molar-refractivity contribution in [2.24, 2.45) is 5.41 Å². The van der Waals surface area contributed by atoms with Gasteiger partial charge in [-0.3, -0.25) is 4.79 Å². The van der Waals surface area contributed by atoms with Crippen LogP contribution in [0, 0.1) is 5.41 Å². The first-order chi connectivity index (χ1) is 9.74. The molecule has 0 saturated heterocycles. The fraction of sp³-hybridized carbons (Fsp3) is 0.571. The highest BCUT2D eigenvalue weighted by atomic mass is 35.5. The van der Waals surface area contributed by atoms with E-state index in [4.69, 9.17) is 20.8 Å². The first-order valence-electron chi connectivity index (χ1n) is 6.67. The quantitative estimate of drug-likeness (QED) is 0.870. The first-order valence-corrected chi connectivity index (χ1v) is 7.05. The number of ether oxygens (including phenoxy) is 1. The Labute approximate surface area is 127 Å². The molecule has 0 aliphatic heterocycles. The number of carbonyl (C=O) groups excluding carboxylic acids is 1. The lowest BCUT2D eigenvalue weighted by Crippen LogP contribution is -2.76. The van der Waals surface area contributed by atoms with Crippen LogP contribution in [0.1, 0.15) is 37.7 Å². The summed E-state index contributed by atoms with van der Waals surface area (Å²) in [5.41, 5.74) is -2.12. The van der Waals surface area contributed by atoms with E-state index in [9.17, 15) is 14.7 Å². The van der Waals surface area contributed by atoms with E-state index in [1.165, 1.54) is 12.1 Å². The zero-order valence-corrected chi connectivity index (χ0v) is 12.9. The van der Waals surface area contributed by atoms with Gasteiger partial charge in [-0.25, -0.2) is 4.79 Å². The number of carboxylic acids is 1. The van der Waals surface area contributed by atoms with Crippen LogP contribution in [-0.2, 0) is 9.53 Å². The van der Waals surface area contributed by atoms with E-state index in [-0.39, 0.29) is 23.5 Å². The summed E-state index contributed by atoms with van der Waals surface area (Å²) in [4.78, 5) is 23.9. The van der Waals surface area contributed by atoms with Gasteiger partial charge in [0.1, 0.15) is 5.54 Å². The lowest BCUT2D eigenvalue weighted by molar-refractivity contribution is -0.190. The van der Waals surface area contributed by atoms with Gasteiger partial charge < -0.3 is 19.6 Å². The van der Waals surface area contributed by atoms with Crippen LogP contribution in [0.25, 0.3) is 0 Å². The van der Waals surface area contributed by atoms with Gasteiger partial charge in [-0.05, 0) is 30.7 Å². The number of furan rings is 1. The Morgan fingerprint density at radius 2 is 2.19 bits per heavy atom. The van der Waals surface area contributed by atoms with Gasteiger partial charge in [0.05, 0.1) is 6.10 Å². The van der Waals surface area contributed by atoms with Crippen molar-refractivity contribution in [3.63, 3.8) is 0 Å². The minimum Gasteiger partial charge on any atom is -0.479 e. The van der Waals surface area contributed by atoms with Crippen LogP contribution >= 0.6 is 11.6 Å². The second-order valence-corrected chi connectivity index (χ2v) is 6.01. The van der Waals surface area contributed by atoms with Crippen molar-refractivity contribution >= 4 is 23.5 Å². The number of carbonyl (C=O) groups is 2. The lowest BCUT2D eigenvalue weighted by atomic mass is 9.54. The van der Waals surface area contributed by atoms with Crippen molar-refractivity contribution in [3.05, 3.63) is 23.1 Å². The van der Waals surface area contributed by atoms with E-state index in [1.54, 1.807) is 13.8 Å². The number of amides is 1. The van der Waals surface area contributed by atoms with Crippen molar-refractivity contribution < 1.29 is 23.8 Å². The molecule has 1 aromatic rings. The molecule has 1 fully saturated rings. The third-order valence-electron chi connectivity index (χ3n) is 4.25. The number of hydrogen-bond acceptors (Lipinski definition) is 4. The normalized spacial score (nSPS) is 27.0. The van der Waals surface area contributed by atoms with E-state index in [0.717, 1.165) is 0 Å². The summed E-state index contributed by atoms with van der Waals surface area (Å²) in [6, 6.07) is 2.83. The molecule has 116 valence electrons. The largest absolute Gasteiger partial charge is 0.479 e. The summed E-state index contributed by atoms with van der Waals surface area (Å²) in [7, 11) is 0. The highest BCUT2D eigenvalue weighted by Crippen LogP contribution is 2.51. The van der Waals surface area contributed by atoms with Crippen LogP contribution in [0.3, 0.4) is 0 Å². The Balaban J connectivity index is 2.22. The van der Waals surface area contributed by atoms with Crippen molar-refractivity contribution in [2.75, 3.05) is 6.61 Å². The van der Waals surface area contributed by atoms with Crippen molar-refractivity contribution in [1.82, 2.24) is 5.32 Å². The summed E-state index contributed by atoms with van der Waals surface area (Å²) in [5.74, 6) is -1.71. The van der Waals surface area contributed by atoms with Gasteiger partial charge in [0, 0.05) is 18.4 Å². The van der Waals surface area contributed by atoms with Crippen molar-refractivity contribution in [3.8, 4) is 0 Å². The van der Waals surface area contributed by atoms with E-state index >= 15 is 0 Å². The summed E-state index contributed by atoms with van der Waals surface area (Å²) in [6.07, 6.45) is -0.0114. The number of halogens is 1. The van der Waals surface area contributed by atoms with Gasteiger partial charge in [0.2, 0.25) is 0 Å². The highest BCUT2D eigenvalue weighted by Gasteiger charge is 2.66. The number of aliphatic carboxylic acids is 1. The zero-order valence-electron chi connectivity index (χ0n) is 12.1. The summed E-state index contributed by atoms with van der Waals surface area (Å²) in [6.45, 7) is 5.87. The lowest BCUT2D eigenvalue weighted by Gasteiger charge is -2.58. The molecule has 2 rings (SSSR count). The fourth-order valence-corrected chi connectivity index (χ4v) is 2.87. The Kier molecular flexibility index (Phi) is 4.04. The molecular formula is C14H18ClNO5. The molecular weight excluding hydrogens is 298 g/mol. The topological polar surface area (TPSA) is 88.8 Å². The molecule has 2 N–H and O–H groups in total. The van der Waals surface area contributed by atoms with Crippen LogP contribution in [0.15, 0.2) is 16.5 Å². The number of nitrogens with one attached hydrogen (secondary N) is 1. The summed E-state index contributed by atoms with van der Waals surface area (Å²) < 4.78 is 10.5. The molecule has 0 bridgehead atoms. The highest BCUT2D eigenvalue weighted by molar-refractivity contribution is 6.29. The van der Waals surface area contributed by atoms with Gasteiger partial charge in [-0.1, -0.05) is 13.8 Å². The molecule has 1 aliphatic rings. The molecule has 1 saturated carbocycles. The predicted molar refractivity (Wildman–Crippen MR) is 75.4 cm³/mol. The molecule has 1 heterocycles. The maximum atomic E-state index is 12.2. The molecule has 1 aliphatic carbocycles. The maximum Gasteiger partial charge on any atom is 0.330 e.